The Balaban J connectivity index is 2.70. The number of carbonyl (C=O) groups excluding carboxylic acids is 2. The Morgan fingerprint density at radius 2 is 1.62 bits per heavy atom. The summed E-state index contributed by atoms with van der Waals surface area (Å²) in [6.45, 7) is 6.87. The Labute approximate surface area is 156 Å². The first-order valence-corrected chi connectivity index (χ1v) is 9.10. The average molecular weight is 365 g/mol. The second-order valence-corrected chi connectivity index (χ2v) is 6.25. The van der Waals surface area contributed by atoms with Crippen LogP contribution in [0.4, 0.5) is 0 Å². The van der Waals surface area contributed by atoms with Crippen LogP contribution in [0.2, 0.25) is 0 Å². The normalized spacial score (nSPS) is 11.8. The zero-order valence-corrected chi connectivity index (χ0v) is 16.5. The third-order valence-electron chi connectivity index (χ3n) is 4.43. The fourth-order valence-corrected chi connectivity index (χ4v) is 2.74. The Morgan fingerprint density at radius 1 is 1.04 bits per heavy atom. The molecule has 1 rings (SSSR count). The van der Waals surface area contributed by atoms with Crippen LogP contribution in [-0.2, 0) is 14.3 Å². The summed E-state index contributed by atoms with van der Waals surface area (Å²) in [5.74, 6) is 0.796. The van der Waals surface area contributed by atoms with Crippen LogP contribution in [0, 0.1) is 11.8 Å². The van der Waals surface area contributed by atoms with Crippen molar-refractivity contribution in [1.82, 2.24) is 4.90 Å². The van der Waals surface area contributed by atoms with Crippen molar-refractivity contribution in [3.8, 4) is 11.5 Å². The molecule has 26 heavy (non-hydrogen) atoms. The van der Waals surface area contributed by atoms with Gasteiger partial charge in [-0.2, -0.15) is 0 Å². The molecule has 0 bridgehead atoms. The first kappa shape index (κ1) is 21.8. The van der Waals surface area contributed by atoms with E-state index in [9.17, 15) is 9.59 Å². The lowest BCUT2D eigenvalue weighted by Gasteiger charge is -2.28. The number of hydrogen-bond acceptors (Lipinski definition) is 5. The van der Waals surface area contributed by atoms with Gasteiger partial charge in [-0.15, -0.1) is 0 Å². The van der Waals surface area contributed by atoms with Crippen molar-refractivity contribution in [2.24, 2.45) is 11.8 Å². The van der Waals surface area contributed by atoms with Crippen LogP contribution in [0.5, 0.6) is 11.5 Å². The van der Waals surface area contributed by atoms with Gasteiger partial charge in [0.2, 0.25) is 5.91 Å². The highest BCUT2D eigenvalue weighted by Gasteiger charge is 2.25. The molecule has 0 saturated carbocycles. The number of esters is 1. The molecule has 0 aromatic heterocycles. The summed E-state index contributed by atoms with van der Waals surface area (Å²) in [6.07, 6.45) is 1.55. The highest BCUT2D eigenvalue weighted by atomic mass is 16.5. The van der Waals surface area contributed by atoms with E-state index in [1.54, 1.807) is 18.9 Å². The van der Waals surface area contributed by atoms with Crippen LogP contribution in [0.15, 0.2) is 24.3 Å². The van der Waals surface area contributed by atoms with E-state index < -0.39 is 0 Å². The largest absolute Gasteiger partial charge is 0.497 e. The monoisotopic (exact) mass is 365 g/mol. The fraction of sp³-hybridized carbons (Fsp3) is 0.600. The molecule has 0 heterocycles. The quantitative estimate of drug-likeness (QED) is 0.564. The summed E-state index contributed by atoms with van der Waals surface area (Å²) in [5, 5.41) is 0. The number of nitrogens with zero attached hydrogens (tertiary/aromatic N) is 1. The molecule has 0 aliphatic carbocycles. The number of methoxy groups -OCH3 is 2. The van der Waals surface area contributed by atoms with E-state index in [0.29, 0.717) is 25.4 Å². The van der Waals surface area contributed by atoms with Gasteiger partial charge in [-0.25, -0.2) is 0 Å². The molecule has 6 nitrogen and oxygen atoms in total. The van der Waals surface area contributed by atoms with Crippen molar-refractivity contribution < 1.29 is 23.8 Å². The number of carbonyl (C=O) groups is 2. The van der Waals surface area contributed by atoms with Crippen LogP contribution in [0.3, 0.4) is 0 Å². The molecule has 6 heteroatoms. The molecule has 0 radical (unpaired) electrons. The lowest BCUT2D eigenvalue weighted by Crippen LogP contribution is -2.42. The van der Waals surface area contributed by atoms with Gasteiger partial charge >= 0.3 is 5.97 Å². The molecule has 0 aliphatic heterocycles. The second kappa shape index (κ2) is 11.4. The van der Waals surface area contributed by atoms with Gasteiger partial charge in [0.15, 0.2) is 0 Å². The van der Waals surface area contributed by atoms with Crippen LogP contribution < -0.4 is 9.47 Å². The fourth-order valence-electron chi connectivity index (χ4n) is 2.74. The number of amides is 1. The Morgan fingerprint density at radius 3 is 2.12 bits per heavy atom. The number of ether oxygens (including phenoxy) is 3. The van der Waals surface area contributed by atoms with Crippen LogP contribution >= 0.6 is 0 Å². The smallest absolute Gasteiger partial charge is 0.310 e. The Hall–Kier alpha value is -2.24. The van der Waals surface area contributed by atoms with E-state index in [-0.39, 0.29) is 23.7 Å². The summed E-state index contributed by atoms with van der Waals surface area (Å²) in [6, 6.07) is 7.29. The molecule has 1 unspecified atom stereocenters. The molecular formula is C20H31NO5. The van der Waals surface area contributed by atoms with Gasteiger partial charge in [-0.1, -0.05) is 20.8 Å². The van der Waals surface area contributed by atoms with Crippen LogP contribution in [0.1, 0.15) is 33.6 Å². The minimum atomic E-state index is -0.376. The van der Waals surface area contributed by atoms with E-state index in [1.807, 2.05) is 38.1 Å². The summed E-state index contributed by atoms with van der Waals surface area (Å²) >= 11 is 0. The van der Waals surface area contributed by atoms with Crippen molar-refractivity contribution in [1.29, 1.82) is 0 Å². The maximum absolute atomic E-state index is 12.8. The number of hydrogen-bond donors (Lipinski definition) is 0. The summed E-state index contributed by atoms with van der Waals surface area (Å²) < 4.78 is 15.6. The summed E-state index contributed by atoms with van der Waals surface area (Å²) in [5.41, 5.74) is 0. The first-order valence-electron chi connectivity index (χ1n) is 9.10. The summed E-state index contributed by atoms with van der Waals surface area (Å²) in [4.78, 5) is 26.2. The number of benzene rings is 1. The third kappa shape index (κ3) is 6.58. The van der Waals surface area contributed by atoms with Crippen LogP contribution in [-0.4, -0.2) is 50.7 Å². The van der Waals surface area contributed by atoms with Gasteiger partial charge < -0.3 is 19.1 Å². The predicted octanol–water partition coefficient (Wildman–Crippen LogP) is 3.15. The van der Waals surface area contributed by atoms with Gasteiger partial charge in [-0.3, -0.25) is 9.59 Å². The Bertz CT molecular complexity index is 554. The molecule has 1 atom stereocenters. The molecule has 0 N–H and O–H groups in total. The lowest BCUT2D eigenvalue weighted by atomic mass is 10.0. The highest BCUT2D eigenvalue weighted by Crippen LogP contribution is 2.18. The van der Waals surface area contributed by atoms with Gasteiger partial charge in [0.1, 0.15) is 18.1 Å². The van der Waals surface area contributed by atoms with Crippen molar-refractivity contribution in [2.45, 2.75) is 33.6 Å². The second-order valence-electron chi connectivity index (χ2n) is 6.25. The van der Waals surface area contributed by atoms with Gasteiger partial charge in [0.25, 0.3) is 0 Å². The van der Waals surface area contributed by atoms with E-state index in [1.165, 1.54) is 7.11 Å². The predicted molar refractivity (Wildman–Crippen MR) is 100 cm³/mol. The molecule has 0 aliphatic rings. The van der Waals surface area contributed by atoms with Crippen molar-refractivity contribution in [3.63, 3.8) is 0 Å². The van der Waals surface area contributed by atoms with Crippen molar-refractivity contribution in [3.05, 3.63) is 24.3 Å². The SMILES string of the molecule is CCC(CC)C(=O)N(CCOc1ccc(OC)cc1)CC(C)C(=O)OC. The van der Waals surface area contributed by atoms with Gasteiger partial charge in [0.05, 0.1) is 26.7 Å². The van der Waals surface area contributed by atoms with Gasteiger partial charge in [0, 0.05) is 12.5 Å². The molecule has 0 saturated heterocycles. The maximum Gasteiger partial charge on any atom is 0.310 e. The molecule has 1 amide bonds. The van der Waals surface area contributed by atoms with Crippen LogP contribution in [0.25, 0.3) is 0 Å². The molecule has 1 aromatic carbocycles. The van der Waals surface area contributed by atoms with E-state index in [4.69, 9.17) is 14.2 Å². The van der Waals surface area contributed by atoms with E-state index >= 15 is 0 Å². The molecular weight excluding hydrogens is 334 g/mol. The first-order chi connectivity index (χ1) is 12.5. The summed E-state index contributed by atoms with van der Waals surface area (Å²) in [7, 11) is 2.97. The topological polar surface area (TPSA) is 65.1 Å². The van der Waals surface area contributed by atoms with E-state index in [2.05, 4.69) is 0 Å². The van der Waals surface area contributed by atoms with Gasteiger partial charge in [-0.05, 0) is 37.1 Å². The van der Waals surface area contributed by atoms with E-state index in [0.717, 1.165) is 18.6 Å². The molecule has 0 spiro atoms. The molecule has 1 aromatic rings. The molecule has 0 fully saturated rings. The molecule has 146 valence electrons. The van der Waals surface area contributed by atoms with Crippen molar-refractivity contribution >= 4 is 11.9 Å². The third-order valence-corrected chi connectivity index (χ3v) is 4.43. The average Bonchev–Trinajstić information content (AvgIpc) is 2.67. The highest BCUT2D eigenvalue weighted by molar-refractivity contribution is 5.80. The minimum Gasteiger partial charge on any atom is -0.497 e. The standard InChI is InChI=1S/C20H31NO5/c1-6-16(7-2)19(22)21(14-15(3)20(23)25-5)12-13-26-18-10-8-17(24-4)9-11-18/h8-11,15-16H,6-7,12-14H2,1-5H3. The zero-order valence-electron chi connectivity index (χ0n) is 16.5. The van der Waals surface area contributed by atoms with Crippen molar-refractivity contribution in [2.75, 3.05) is 33.9 Å². The Kier molecular flexibility index (Phi) is 9.55. The maximum atomic E-state index is 12.8. The zero-order chi connectivity index (χ0) is 19.5. The number of rotatable bonds is 11. The lowest BCUT2D eigenvalue weighted by molar-refractivity contribution is -0.147. The minimum absolute atomic E-state index is 0.0409.